The summed E-state index contributed by atoms with van der Waals surface area (Å²) in [5.41, 5.74) is 3.38. The van der Waals surface area contributed by atoms with Gasteiger partial charge in [-0.1, -0.05) is 0 Å². The van der Waals surface area contributed by atoms with Crippen molar-refractivity contribution in [2.24, 2.45) is 0 Å². The average Bonchev–Trinajstić information content (AvgIpc) is 2.75. The lowest BCUT2D eigenvalue weighted by molar-refractivity contribution is 0.532. The number of aromatic nitrogens is 3. The Hall–Kier alpha value is -1.84. The zero-order chi connectivity index (χ0) is 12.3. The molecule has 0 atom stereocenters. The summed E-state index contributed by atoms with van der Waals surface area (Å²) in [4.78, 5) is 4.15. The highest BCUT2D eigenvalue weighted by Gasteiger charge is 2.01. The SMILES string of the molecule is Cc1cncc(NCc2cnn(C(C)C)c2)c1. The molecule has 90 valence electrons. The molecular weight excluding hydrogens is 212 g/mol. The molecule has 2 aromatic rings. The number of hydrogen-bond donors (Lipinski definition) is 1. The number of rotatable bonds is 4. The second-order valence-electron chi connectivity index (χ2n) is 4.53. The molecule has 0 unspecified atom stereocenters. The third kappa shape index (κ3) is 3.06. The molecule has 2 rings (SSSR count). The van der Waals surface area contributed by atoms with Gasteiger partial charge >= 0.3 is 0 Å². The van der Waals surface area contributed by atoms with Crippen LogP contribution in [0.25, 0.3) is 0 Å². The Morgan fingerprint density at radius 3 is 2.76 bits per heavy atom. The van der Waals surface area contributed by atoms with Crippen LogP contribution in [0, 0.1) is 6.92 Å². The van der Waals surface area contributed by atoms with Crippen molar-refractivity contribution < 1.29 is 0 Å². The standard InChI is InChI=1S/C13H18N4/c1-10(2)17-9-12(7-16-17)6-15-13-4-11(3)5-14-8-13/h4-5,7-10,15H,6H2,1-3H3. The third-order valence-corrected chi connectivity index (χ3v) is 2.56. The fraction of sp³-hybridized carbons (Fsp3) is 0.385. The first kappa shape index (κ1) is 11.6. The fourth-order valence-electron chi connectivity index (χ4n) is 1.61. The molecule has 0 spiro atoms. The minimum Gasteiger partial charge on any atom is -0.380 e. The molecule has 1 N–H and O–H groups in total. The van der Waals surface area contributed by atoms with Crippen LogP contribution in [0.1, 0.15) is 31.0 Å². The second-order valence-corrected chi connectivity index (χ2v) is 4.53. The Morgan fingerprint density at radius 2 is 2.12 bits per heavy atom. The Balaban J connectivity index is 1.97. The Labute approximate surface area is 102 Å². The Kier molecular flexibility index (Phi) is 3.42. The smallest absolute Gasteiger partial charge is 0.0539 e. The monoisotopic (exact) mass is 230 g/mol. The molecule has 0 saturated heterocycles. The molecule has 4 nitrogen and oxygen atoms in total. The summed E-state index contributed by atoms with van der Waals surface area (Å²) in [5.74, 6) is 0. The molecular formula is C13H18N4. The summed E-state index contributed by atoms with van der Waals surface area (Å²) >= 11 is 0. The summed E-state index contributed by atoms with van der Waals surface area (Å²) in [6.07, 6.45) is 7.65. The van der Waals surface area contributed by atoms with Crippen LogP contribution in [-0.2, 0) is 6.54 Å². The van der Waals surface area contributed by atoms with E-state index in [1.165, 1.54) is 5.56 Å². The highest BCUT2D eigenvalue weighted by Crippen LogP contribution is 2.10. The molecule has 0 aliphatic heterocycles. The lowest BCUT2D eigenvalue weighted by Crippen LogP contribution is -2.01. The van der Waals surface area contributed by atoms with E-state index in [2.05, 4.69) is 41.5 Å². The van der Waals surface area contributed by atoms with Gasteiger partial charge in [-0.15, -0.1) is 0 Å². The van der Waals surface area contributed by atoms with E-state index in [0.29, 0.717) is 6.04 Å². The van der Waals surface area contributed by atoms with Crippen molar-refractivity contribution in [1.82, 2.24) is 14.8 Å². The Morgan fingerprint density at radius 1 is 1.29 bits per heavy atom. The summed E-state index contributed by atoms with van der Waals surface area (Å²) in [6, 6.07) is 2.49. The van der Waals surface area contributed by atoms with Crippen molar-refractivity contribution in [3.8, 4) is 0 Å². The van der Waals surface area contributed by atoms with Gasteiger partial charge in [0.15, 0.2) is 0 Å². The molecule has 0 bridgehead atoms. The molecule has 2 aromatic heterocycles. The van der Waals surface area contributed by atoms with Crippen LogP contribution in [0.3, 0.4) is 0 Å². The van der Waals surface area contributed by atoms with Crippen molar-refractivity contribution >= 4 is 5.69 Å². The molecule has 2 heterocycles. The first-order valence-electron chi connectivity index (χ1n) is 5.83. The molecule has 0 saturated carbocycles. The molecule has 0 aliphatic rings. The third-order valence-electron chi connectivity index (χ3n) is 2.56. The number of nitrogens with zero attached hydrogens (tertiary/aromatic N) is 3. The van der Waals surface area contributed by atoms with Crippen LogP contribution in [0.2, 0.25) is 0 Å². The molecule has 17 heavy (non-hydrogen) atoms. The summed E-state index contributed by atoms with van der Waals surface area (Å²) in [5, 5.41) is 7.64. The molecule has 0 aromatic carbocycles. The van der Waals surface area contributed by atoms with Crippen LogP contribution in [0.5, 0.6) is 0 Å². The van der Waals surface area contributed by atoms with Crippen LogP contribution >= 0.6 is 0 Å². The minimum atomic E-state index is 0.407. The van der Waals surface area contributed by atoms with Gasteiger partial charge in [0.05, 0.1) is 11.9 Å². The van der Waals surface area contributed by atoms with Gasteiger partial charge in [-0.05, 0) is 32.4 Å². The van der Waals surface area contributed by atoms with E-state index in [4.69, 9.17) is 0 Å². The van der Waals surface area contributed by atoms with E-state index >= 15 is 0 Å². The summed E-state index contributed by atoms with van der Waals surface area (Å²) < 4.78 is 1.96. The second kappa shape index (κ2) is 4.99. The van der Waals surface area contributed by atoms with E-state index in [1.807, 2.05) is 30.2 Å². The molecule has 0 radical (unpaired) electrons. The lowest BCUT2D eigenvalue weighted by Gasteiger charge is -2.05. The van der Waals surface area contributed by atoms with E-state index in [1.54, 1.807) is 0 Å². The van der Waals surface area contributed by atoms with Gasteiger partial charge in [0, 0.05) is 36.7 Å². The number of aryl methyl sites for hydroxylation is 1. The zero-order valence-electron chi connectivity index (χ0n) is 10.5. The van der Waals surface area contributed by atoms with E-state index in [0.717, 1.165) is 17.8 Å². The molecule has 0 fully saturated rings. The predicted molar refractivity (Wildman–Crippen MR) is 68.9 cm³/mol. The largest absolute Gasteiger partial charge is 0.380 e. The van der Waals surface area contributed by atoms with Crippen LogP contribution < -0.4 is 5.32 Å². The van der Waals surface area contributed by atoms with Gasteiger partial charge < -0.3 is 5.32 Å². The first-order chi connectivity index (χ1) is 8.15. The highest BCUT2D eigenvalue weighted by atomic mass is 15.3. The average molecular weight is 230 g/mol. The van der Waals surface area contributed by atoms with E-state index < -0.39 is 0 Å². The number of nitrogens with one attached hydrogen (secondary N) is 1. The van der Waals surface area contributed by atoms with Gasteiger partial charge in [0.25, 0.3) is 0 Å². The van der Waals surface area contributed by atoms with Gasteiger partial charge in [0.1, 0.15) is 0 Å². The highest BCUT2D eigenvalue weighted by molar-refractivity contribution is 5.42. The van der Waals surface area contributed by atoms with Crippen molar-refractivity contribution in [2.45, 2.75) is 33.4 Å². The minimum absolute atomic E-state index is 0.407. The van der Waals surface area contributed by atoms with Crippen LogP contribution in [0.4, 0.5) is 5.69 Å². The quantitative estimate of drug-likeness (QED) is 0.878. The number of pyridine rings is 1. The first-order valence-corrected chi connectivity index (χ1v) is 5.83. The van der Waals surface area contributed by atoms with E-state index in [-0.39, 0.29) is 0 Å². The van der Waals surface area contributed by atoms with E-state index in [9.17, 15) is 0 Å². The maximum Gasteiger partial charge on any atom is 0.0539 e. The molecule has 0 aliphatic carbocycles. The van der Waals surface area contributed by atoms with Crippen LogP contribution in [0.15, 0.2) is 30.9 Å². The van der Waals surface area contributed by atoms with Crippen molar-refractivity contribution in [3.63, 3.8) is 0 Å². The number of hydrogen-bond acceptors (Lipinski definition) is 3. The lowest BCUT2D eigenvalue weighted by atomic mass is 10.3. The maximum atomic E-state index is 4.31. The van der Waals surface area contributed by atoms with Gasteiger partial charge in [-0.3, -0.25) is 9.67 Å². The van der Waals surface area contributed by atoms with Gasteiger partial charge in [0.2, 0.25) is 0 Å². The van der Waals surface area contributed by atoms with Gasteiger partial charge in [-0.25, -0.2) is 0 Å². The maximum absolute atomic E-state index is 4.31. The molecule has 0 amide bonds. The topological polar surface area (TPSA) is 42.7 Å². The summed E-state index contributed by atoms with van der Waals surface area (Å²) in [6.45, 7) is 7.05. The van der Waals surface area contributed by atoms with Crippen molar-refractivity contribution in [1.29, 1.82) is 0 Å². The normalized spacial score (nSPS) is 10.8. The predicted octanol–water partition coefficient (Wildman–Crippen LogP) is 2.78. The Bertz CT molecular complexity index is 488. The zero-order valence-corrected chi connectivity index (χ0v) is 10.5. The van der Waals surface area contributed by atoms with Crippen LogP contribution in [-0.4, -0.2) is 14.8 Å². The van der Waals surface area contributed by atoms with Gasteiger partial charge in [-0.2, -0.15) is 5.10 Å². The number of anilines is 1. The van der Waals surface area contributed by atoms with Crippen molar-refractivity contribution in [2.75, 3.05) is 5.32 Å². The molecule has 4 heteroatoms. The summed E-state index contributed by atoms with van der Waals surface area (Å²) in [7, 11) is 0. The van der Waals surface area contributed by atoms with Crippen molar-refractivity contribution in [3.05, 3.63) is 42.0 Å². The fourth-order valence-corrected chi connectivity index (χ4v) is 1.61.